The first kappa shape index (κ1) is 25.9. The molecule has 3 aromatic rings. The van der Waals surface area contributed by atoms with Crippen LogP contribution in [0.4, 0.5) is 13.2 Å². The van der Waals surface area contributed by atoms with Crippen LogP contribution in [-0.2, 0) is 27.7 Å². The van der Waals surface area contributed by atoms with E-state index in [0.717, 1.165) is 38.1 Å². The van der Waals surface area contributed by atoms with Gasteiger partial charge in [0.1, 0.15) is 0 Å². The number of piperidine rings is 1. The summed E-state index contributed by atoms with van der Waals surface area (Å²) in [5.74, 6) is -0.570. The van der Waals surface area contributed by atoms with Gasteiger partial charge in [-0.3, -0.25) is 0 Å². The number of alkyl halides is 3. The second-order valence-electron chi connectivity index (χ2n) is 9.07. The molecule has 0 aliphatic carbocycles. The number of nitrogens with one attached hydrogen (secondary N) is 1. The number of ether oxygens (including phenoxy) is 2. The topological polar surface area (TPSA) is 47.6 Å². The second-order valence-corrected chi connectivity index (χ2v) is 9.07. The van der Waals surface area contributed by atoms with Crippen molar-refractivity contribution in [2.75, 3.05) is 26.3 Å². The van der Waals surface area contributed by atoms with E-state index in [-0.39, 0.29) is 24.2 Å². The molecule has 4 rings (SSSR count). The molecule has 1 N–H and O–H groups in total. The fourth-order valence-electron chi connectivity index (χ4n) is 4.79. The van der Waals surface area contributed by atoms with Crippen molar-refractivity contribution < 1.29 is 27.4 Å². The number of hydrogen-bond donors (Lipinski definition) is 1. The third kappa shape index (κ3) is 5.97. The van der Waals surface area contributed by atoms with Crippen LogP contribution in [-0.4, -0.2) is 32.3 Å². The van der Waals surface area contributed by atoms with E-state index in [9.17, 15) is 18.0 Å². The van der Waals surface area contributed by atoms with Gasteiger partial charge in [0.15, 0.2) is 0 Å². The predicted octanol–water partition coefficient (Wildman–Crippen LogP) is 6.39. The summed E-state index contributed by atoms with van der Waals surface area (Å²) in [6, 6.07) is 20.5. The van der Waals surface area contributed by atoms with E-state index in [1.165, 1.54) is 5.56 Å². The average Bonchev–Trinajstić information content (AvgIpc) is 2.89. The Morgan fingerprint density at radius 3 is 2.36 bits per heavy atom. The predicted molar refractivity (Wildman–Crippen MR) is 133 cm³/mol. The molecule has 0 radical (unpaired) electrons. The average molecular weight is 498 g/mol. The highest BCUT2D eigenvalue weighted by atomic mass is 19.4. The maximum atomic E-state index is 13.8. The third-order valence-corrected chi connectivity index (χ3v) is 6.65. The molecular weight excluding hydrogens is 467 g/mol. The zero-order chi connectivity index (χ0) is 25.6. The maximum Gasteiger partial charge on any atom is 0.416 e. The Balaban J connectivity index is 1.62. The molecule has 1 fully saturated rings. The molecule has 1 aliphatic rings. The van der Waals surface area contributed by atoms with E-state index in [0.29, 0.717) is 23.3 Å². The minimum absolute atomic E-state index is 0.0283. The van der Waals surface area contributed by atoms with Crippen molar-refractivity contribution in [1.29, 1.82) is 0 Å². The lowest BCUT2D eigenvalue weighted by molar-refractivity contribution is -0.137. The van der Waals surface area contributed by atoms with Gasteiger partial charge in [0.2, 0.25) is 0 Å². The third-order valence-electron chi connectivity index (χ3n) is 6.65. The van der Waals surface area contributed by atoms with Gasteiger partial charge in [-0.05, 0) is 79.4 Å². The standard InChI is InChI=1S/C29H30F3NO3/c1-2-36-27(34)26-11-7-6-10-25(26)22-16-21(17-24(18-22)29(30,31)32)19-35-20-28(12-14-33-15-13-28)23-8-4-3-5-9-23/h3-11,16-18,33H,2,12-15,19-20H2,1H3. The summed E-state index contributed by atoms with van der Waals surface area (Å²) in [4.78, 5) is 12.4. The molecule has 1 saturated heterocycles. The molecule has 0 amide bonds. The number of carbonyl (C=O) groups is 1. The van der Waals surface area contributed by atoms with Crippen molar-refractivity contribution in [2.24, 2.45) is 0 Å². The lowest BCUT2D eigenvalue weighted by Gasteiger charge is -2.38. The first-order chi connectivity index (χ1) is 17.3. The molecule has 0 bridgehead atoms. The summed E-state index contributed by atoms with van der Waals surface area (Å²) in [6.45, 7) is 4.01. The zero-order valence-electron chi connectivity index (χ0n) is 20.2. The van der Waals surface area contributed by atoms with Crippen LogP contribution < -0.4 is 5.32 Å². The minimum Gasteiger partial charge on any atom is -0.462 e. The zero-order valence-corrected chi connectivity index (χ0v) is 20.2. The van der Waals surface area contributed by atoms with Gasteiger partial charge in [0.05, 0.1) is 30.9 Å². The molecule has 7 heteroatoms. The van der Waals surface area contributed by atoms with Gasteiger partial charge in [0, 0.05) is 5.41 Å². The molecule has 1 heterocycles. The fourth-order valence-corrected chi connectivity index (χ4v) is 4.79. The van der Waals surface area contributed by atoms with Crippen molar-refractivity contribution in [2.45, 2.75) is 38.0 Å². The lowest BCUT2D eigenvalue weighted by atomic mass is 9.74. The van der Waals surface area contributed by atoms with Crippen molar-refractivity contribution in [3.63, 3.8) is 0 Å². The highest BCUT2D eigenvalue weighted by molar-refractivity contribution is 5.97. The summed E-state index contributed by atoms with van der Waals surface area (Å²) in [6.07, 6.45) is -2.76. The molecule has 0 spiro atoms. The van der Waals surface area contributed by atoms with E-state index >= 15 is 0 Å². The second kappa shape index (κ2) is 11.3. The first-order valence-corrected chi connectivity index (χ1v) is 12.1. The summed E-state index contributed by atoms with van der Waals surface area (Å²) in [7, 11) is 0. The monoisotopic (exact) mass is 497 g/mol. The van der Waals surface area contributed by atoms with Gasteiger partial charge < -0.3 is 14.8 Å². The Bertz CT molecular complexity index is 1170. The van der Waals surface area contributed by atoms with Crippen molar-refractivity contribution in [3.05, 3.63) is 95.1 Å². The highest BCUT2D eigenvalue weighted by Crippen LogP contribution is 2.36. The molecule has 190 valence electrons. The van der Waals surface area contributed by atoms with E-state index in [1.54, 1.807) is 37.3 Å². The number of hydrogen-bond acceptors (Lipinski definition) is 4. The summed E-state index contributed by atoms with van der Waals surface area (Å²) >= 11 is 0. The van der Waals surface area contributed by atoms with Crippen molar-refractivity contribution >= 4 is 5.97 Å². The van der Waals surface area contributed by atoms with Crippen molar-refractivity contribution in [3.8, 4) is 11.1 Å². The van der Waals surface area contributed by atoms with Gasteiger partial charge in [-0.25, -0.2) is 4.79 Å². The van der Waals surface area contributed by atoms with Crippen LogP contribution in [0.25, 0.3) is 11.1 Å². The molecular formula is C29H30F3NO3. The number of esters is 1. The molecule has 3 aromatic carbocycles. The van der Waals surface area contributed by atoms with Gasteiger partial charge in [0.25, 0.3) is 0 Å². The van der Waals surface area contributed by atoms with Crippen LogP contribution in [0.1, 0.15) is 46.8 Å². The van der Waals surface area contributed by atoms with Crippen LogP contribution >= 0.6 is 0 Å². The summed E-state index contributed by atoms with van der Waals surface area (Å²) < 4.78 is 52.6. The Morgan fingerprint density at radius 1 is 0.972 bits per heavy atom. The molecule has 0 aromatic heterocycles. The van der Waals surface area contributed by atoms with E-state index in [4.69, 9.17) is 9.47 Å². The minimum atomic E-state index is -4.54. The Hall–Kier alpha value is -3.16. The normalized spacial score (nSPS) is 15.4. The van der Waals surface area contributed by atoms with Gasteiger partial charge in [-0.1, -0.05) is 48.5 Å². The number of carbonyl (C=O) groups excluding carboxylic acids is 1. The molecule has 0 saturated carbocycles. The van der Waals surface area contributed by atoms with E-state index in [1.807, 2.05) is 18.2 Å². The largest absolute Gasteiger partial charge is 0.462 e. The van der Waals surface area contributed by atoms with Crippen LogP contribution in [0.2, 0.25) is 0 Å². The quantitative estimate of drug-likeness (QED) is 0.367. The molecule has 36 heavy (non-hydrogen) atoms. The van der Waals surface area contributed by atoms with Crippen LogP contribution in [0.3, 0.4) is 0 Å². The molecule has 0 unspecified atom stereocenters. The van der Waals surface area contributed by atoms with Crippen LogP contribution in [0.5, 0.6) is 0 Å². The van der Waals surface area contributed by atoms with Crippen molar-refractivity contribution in [1.82, 2.24) is 5.32 Å². The fraction of sp³-hybridized carbons (Fsp3) is 0.345. The maximum absolute atomic E-state index is 13.8. The van der Waals surface area contributed by atoms with E-state index < -0.39 is 17.7 Å². The first-order valence-electron chi connectivity index (χ1n) is 12.1. The molecule has 1 aliphatic heterocycles. The summed E-state index contributed by atoms with van der Waals surface area (Å²) in [5, 5.41) is 3.37. The van der Waals surface area contributed by atoms with Crippen LogP contribution in [0.15, 0.2) is 72.8 Å². The Labute approximate surface area is 209 Å². The SMILES string of the molecule is CCOC(=O)c1ccccc1-c1cc(COCC2(c3ccccc3)CCNCC2)cc(C(F)(F)F)c1. The van der Waals surface area contributed by atoms with E-state index in [2.05, 4.69) is 17.4 Å². The van der Waals surface area contributed by atoms with Gasteiger partial charge in [-0.15, -0.1) is 0 Å². The Morgan fingerprint density at radius 2 is 1.67 bits per heavy atom. The summed E-state index contributed by atoms with van der Waals surface area (Å²) in [5.41, 5.74) is 1.53. The number of rotatable bonds is 8. The number of benzene rings is 3. The highest BCUT2D eigenvalue weighted by Gasteiger charge is 2.35. The number of halogens is 3. The Kier molecular flexibility index (Phi) is 8.11. The van der Waals surface area contributed by atoms with Crippen LogP contribution in [0, 0.1) is 0 Å². The smallest absolute Gasteiger partial charge is 0.416 e. The lowest BCUT2D eigenvalue weighted by Crippen LogP contribution is -2.43. The molecule has 0 atom stereocenters. The van der Waals surface area contributed by atoms with Gasteiger partial charge in [-0.2, -0.15) is 13.2 Å². The van der Waals surface area contributed by atoms with Gasteiger partial charge >= 0.3 is 12.1 Å². The molecule has 4 nitrogen and oxygen atoms in total.